The van der Waals surface area contributed by atoms with Crippen LogP contribution in [-0.4, -0.2) is 58.0 Å². The zero-order valence-electron chi connectivity index (χ0n) is 19.2. The second kappa shape index (κ2) is 8.78. The average molecular weight is 445 g/mol. The number of methoxy groups -OCH3 is 1. The summed E-state index contributed by atoms with van der Waals surface area (Å²) in [7, 11) is 1.70. The van der Waals surface area contributed by atoms with E-state index >= 15 is 0 Å². The van der Waals surface area contributed by atoms with E-state index in [0.717, 1.165) is 42.5 Å². The Morgan fingerprint density at radius 3 is 2.52 bits per heavy atom. The summed E-state index contributed by atoms with van der Waals surface area (Å²) in [6.45, 7) is 6.28. The first-order chi connectivity index (χ1) is 16.0. The monoisotopic (exact) mass is 444 g/mol. The van der Waals surface area contributed by atoms with Crippen LogP contribution in [0.5, 0.6) is 5.75 Å². The third kappa shape index (κ3) is 4.52. The number of amides is 1. The molecule has 2 bridgehead atoms. The molecule has 1 amide bonds. The van der Waals surface area contributed by atoms with Crippen LogP contribution < -0.4 is 15.0 Å². The lowest BCUT2D eigenvalue weighted by atomic mass is 9.86. The van der Waals surface area contributed by atoms with Crippen LogP contribution in [0.1, 0.15) is 24.6 Å². The molecule has 33 heavy (non-hydrogen) atoms. The zero-order valence-corrected chi connectivity index (χ0v) is 19.2. The smallest absolute Gasteiger partial charge is 0.222 e. The topological polar surface area (TPSA) is 83.5 Å². The highest BCUT2D eigenvalue weighted by Crippen LogP contribution is 2.35. The molecule has 2 atom stereocenters. The predicted molar refractivity (Wildman–Crippen MR) is 127 cm³/mol. The lowest BCUT2D eigenvalue weighted by Gasteiger charge is -2.56. The first-order valence-electron chi connectivity index (χ1n) is 11.2. The summed E-state index contributed by atoms with van der Waals surface area (Å²) in [6.07, 6.45) is 3.06. The lowest BCUT2D eigenvalue weighted by Crippen LogP contribution is -2.68. The van der Waals surface area contributed by atoms with Gasteiger partial charge in [-0.1, -0.05) is 12.1 Å². The quantitative estimate of drug-likeness (QED) is 0.625. The van der Waals surface area contributed by atoms with Crippen LogP contribution in [0.2, 0.25) is 0 Å². The van der Waals surface area contributed by atoms with Gasteiger partial charge in [-0.2, -0.15) is 0 Å². The minimum atomic E-state index is -0.155. The molecule has 0 radical (unpaired) electrons. The van der Waals surface area contributed by atoms with Crippen LogP contribution in [0.4, 0.5) is 11.6 Å². The van der Waals surface area contributed by atoms with Gasteiger partial charge in [0.1, 0.15) is 17.4 Å². The molecule has 2 aromatic heterocycles. The number of benzene rings is 1. The van der Waals surface area contributed by atoms with Crippen molar-refractivity contribution in [1.82, 2.24) is 19.9 Å². The second-order valence-electron chi connectivity index (χ2n) is 8.77. The van der Waals surface area contributed by atoms with Gasteiger partial charge in [-0.05, 0) is 43.2 Å². The predicted octanol–water partition coefficient (Wildman–Crippen LogP) is 3.28. The maximum Gasteiger partial charge on any atom is 0.222 e. The van der Waals surface area contributed by atoms with Gasteiger partial charge in [0.15, 0.2) is 5.82 Å². The van der Waals surface area contributed by atoms with Crippen LogP contribution in [0.3, 0.4) is 0 Å². The van der Waals surface area contributed by atoms with E-state index in [1.54, 1.807) is 13.2 Å². The van der Waals surface area contributed by atoms with Gasteiger partial charge < -0.3 is 15.0 Å². The SMILES string of the molecule is COc1ccc(CN2C3CC2CN(c2ccc(-c4nc(C)cc(NC(C)=O)n4)cn2)C3)cc1. The van der Waals surface area contributed by atoms with E-state index < -0.39 is 0 Å². The highest BCUT2D eigenvalue weighted by molar-refractivity contribution is 5.87. The molecule has 1 N–H and O–H groups in total. The van der Waals surface area contributed by atoms with Crippen molar-refractivity contribution >= 4 is 17.5 Å². The van der Waals surface area contributed by atoms with Gasteiger partial charge in [0.05, 0.1) is 7.11 Å². The fourth-order valence-electron chi connectivity index (χ4n) is 4.72. The second-order valence-corrected chi connectivity index (χ2v) is 8.77. The van der Waals surface area contributed by atoms with Crippen molar-refractivity contribution in [2.75, 3.05) is 30.4 Å². The number of rotatable bonds is 6. The summed E-state index contributed by atoms with van der Waals surface area (Å²) in [5.74, 6) is 2.78. The molecule has 8 heteroatoms. The average Bonchev–Trinajstić information content (AvgIpc) is 2.82. The molecule has 8 nitrogen and oxygen atoms in total. The maximum absolute atomic E-state index is 11.4. The molecule has 0 spiro atoms. The number of fused-ring (bicyclic) bond motifs is 2. The Morgan fingerprint density at radius 2 is 1.88 bits per heavy atom. The summed E-state index contributed by atoms with van der Waals surface area (Å²) in [5.41, 5.74) is 2.94. The molecule has 3 aromatic rings. The number of nitrogens with one attached hydrogen (secondary N) is 1. The molecule has 3 aliphatic heterocycles. The Balaban J connectivity index is 1.24. The largest absolute Gasteiger partial charge is 0.497 e. The number of hydrogen-bond donors (Lipinski definition) is 1. The normalized spacial score (nSPS) is 19.7. The van der Waals surface area contributed by atoms with Crippen LogP contribution in [0.15, 0.2) is 48.7 Å². The van der Waals surface area contributed by atoms with Gasteiger partial charge in [-0.3, -0.25) is 9.69 Å². The van der Waals surface area contributed by atoms with E-state index in [9.17, 15) is 4.79 Å². The van der Waals surface area contributed by atoms with Gasteiger partial charge >= 0.3 is 0 Å². The van der Waals surface area contributed by atoms with E-state index in [-0.39, 0.29) is 5.91 Å². The number of anilines is 2. The molecule has 5 heterocycles. The number of aryl methyl sites for hydroxylation is 1. The van der Waals surface area contributed by atoms with Crippen molar-refractivity contribution in [3.05, 3.63) is 59.9 Å². The molecular weight excluding hydrogens is 416 g/mol. The molecule has 0 aliphatic carbocycles. The molecule has 170 valence electrons. The van der Waals surface area contributed by atoms with E-state index in [1.165, 1.54) is 18.9 Å². The number of carbonyl (C=O) groups is 1. The number of hydrogen-bond acceptors (Lipinski definition) is 7. The van der Waals surface area contributed by atoms with Gasteiger partial charge in [0.25, 0.3) is 0 Å². The number of nitrogens with zero attached hydrogens (tertiary/aromatic N) is 5. The third-order valence-corrected chi connectivity index (χ3v) is 6.36. The fraction of sp³-hybridized carbons (Fsp3) is 0.360. The van der Waals surface area contributed by atoms with Gasteiger partial charge in [0, 0.05) is 62.2 Å². The highest BCUT2D eigenvalue weighted by atomic mass is 16.5. The molecular formula is C25H28N6O2. The fourth-order valence-corrected chi connectivity index (χ4v) is 4.72. The first kappa shape index (κ1) is 21.3. The van der Waals surface area contributed by atoms with Crippen molar-refractivity contribution < 1.29 is 9.53 Å². The summed E-state index contributed by atoms with van der Waals surface area (Å²) in [5, 5.41) is 2.73. The van der Waals surface area contributed by atoms with Crippen molar-refractivity contribution in [2.45, 2.75) is 38.9 Å². The highest BCUT2D eigenvalue weighted by Gasteiger charge is 2.44. The van der Waals surface area contributed by atoms with Crippen molar-refractivity contribution in [2.24, 2.45) is 0 Å². The van der Waals surface area contributed by atoms with Crippen LogP contribution in [0, 0.1) is 6.92 Å². The van der Waals surface area contributed by atoms with Crippen LogP contribution in [-0.2, 0) is 11.3 Å². The van der Waals surface area contributed by atoms with Crippen molar-refractivity contribution in [3.8, 4) is 17.1 Å². The van der Waals surface area contributed by atoms with E-state index in [1.807, 2.05) is 37.4 Å². The van der Waals surface area contributed by atoms with E-state index in [4.69, 9.17) is 9.72 Å². The van der Waals surface area contributed by atoms with Gasteiger partial charge in [-0.15, -0.1) is 0 Å². The van der Waals surface area contributed by atoms with Crippen molar-refractivity contribution in [1.29, 1.82) is 0 Å². The third-order valence-electron chi connectivity index (χ3n) is 6.36. The number of pyridine rings is 1. The first-order valence-corrected chi connectivity index (χ1v) is 11.2. The molecule has 0 saturated carbocycles. The molecule has 3 saturated heterocycles. The standard InChI is InChI=1S/C25H28N6O2/c1-16-10-23(28-17(2)32)29-25(27-16)19-6-9-24(26-12-19)30-14-20-11-21(15-30)31(20)13-18-4-7-22(33-3)8-5-18/h4-10,12,20-21H,11,13-15H2,1-3H3,(H,27,28,29,32). The summed E-state index contributed by atoms with van der Waals surface area (Å²) >= 11 is 0. The number of piperidine rings is 1. The number of ether oxygens (including phenoxy) is 1. The van der Waals surface area contributed by atoms with E-state index in [2.05, 4.69) is 37.2 Å². The Labute approximate surface area is 193 Å². The molecule has 1 aromatic carbocycles. The summed E-state index contributed by atoms with van der Waals surface area (Å²) in [4.78, 5) is 30.0. The Kier molecular flexibility index (Phi) is 5.68. The minimum Gasteiger partial charge on any atom is -0.497 e. The van der Waals surface area contributed by atoms with Gasteiger partial charge in [0.2, 0.25) is 5.91 Å². The van der Waals surface area contributed by atoms with Gasteiger partial charge in [-0.25, -0.2) is 15.0 Å². The molecule has 6 rings (SSSR count). The Morgan fingerprint density at radius 1 is 1.12 bits per heavy atom. The minimum absolute atomic E-state index is 0.155. The molecule has 3 fully saturated rings. The van der Waals surface area contributed by atoms with Crippen LogP contribution >= 0.6 is 0 Å². The number of carbonyl (C=O) groups excluding carboxylic acids is 1. The van der Waals surface area contributed by atoms with Crippen molar-refractivity contribution in [3.63, 3.8) is 0 Å². The van der Waals surface area contributed by atoms with Crippen LogP contribution in [0.25, 0.3) is 11.4 Å². The lowest BCUT2D eigenvalue weighted by molar-refractivity contribution is -0.114. The maximum atomic E-state index is 11.4. The Hall–Kier alpha value is -3.52. The summed E-state index contributed by atoms with van der Waals surface area (Å²) in [6, 6.07) is 15.2. The number of piperazine rings is 1. The summed E-state index contributed by atoms with van der Waals surface area (Å²) < 4.78 is 5.26. The zero-order chi connectivity index (χ0) is 22.9. The number of aromatic nitrogens is 3. The molecule has 3 aliphatic rings. The Bertz CT molecular complexity index is 1140. The van der Waals surface area contributed by atoms with E-state index in [0.29, 0.717) is 23.7 Å². The molecule has 2 unspecified atom stereocenters.